The molecule has 0 amide bonds. The first-order chi connectivity index (χ1) is 10.8. The molecule has 3 unspecified atom stereocenters. The van der Waals surface area contributed by atoms with Gasteiger partial charge in [-0.15, -0.1) is 0 Å². The summed E-state index contributed by atoms with van der Waals surface area (Å²) in [6.45, 7) is 0. The Bertz CT molecular complexity index is 833. The van der Waals surface area contributed by atoms with Gasteiger partial charge in [0.2, 0.25) is 0 Å². The summed E-state index contributed by atoms with van der Waals surface area (Å²) in [5.74, 6) is 0. The summed E-state index contributed by atoms with van der Waals surface area (Å²) in [6.07, 6.45) is 6.58. The minimum absolute atomic E-state index is 0.305. The monoisotopic (exact) mass is 306 g/mol. The van der Waals surface area contributed by atoms with Crippen molar-refractivity contribution in [2.24, 2.45) is 0 Å². The Morgan fingerprint density at radius 3 is 2.73 bits per heavy atom. The third-order valence-electron chi connectivity index (χ3n) is 5.40. The van der Waals surface area contributed by atoms with Crippen LogP contribution in [0.4, 0.5) is 0 Å². The molecule has 2 heterocycles. The second-order valence-corrected chi connectivity index (χ2v) is 8.60. The number of benzene rings is 2. The molecule has 1 nitrogen and oxygen atoms in total. The van der Waals surface area contributed by atoms with Crippen LogP contribution in [-0.4, -0.2) is 14.7 Å². The predicted octanol–water partition coefficient (Wildman–Crippen LogP) is 4.32. The van der Waals surface area contributed by atoms with Gasteiger partial charge in [0.15, 0.2) is 0 Å². The van der Waals surface area contributed by atoms with Crippen LogP contribution in [-0.2, 0) is 17.2 Å². The third kappa shape index (κ3) is 1.80. The smallest absolute Gasteiger partial charge is 0.0536 e. The molecule has 2 aromatic carbocycles. The molecule has 1 saturated heterocycles. The molecule has 3 atom stereocenters. The molecule has 0 N–H and O–H groups in total. The summed E-state index contributed by atoms with van der Waals surface area (Å²) < 4.78 is 12.2. The van der Waals surface area contributed by atoms with Crippen LogP contribution in [0.5, 0.6) is 0 Å². The average molecular weight is 306 g/mol. The number of allylic oxidation sites excluding steroid dienone is 1. The average Bonchev–Trinajstić information content (AvgIpc) is 2.98. The highest BCUT2D eigenvalue weighted by molar-refractivity contribution is 7.86. The predicted molar refractivity (Wildman–Crippen MR) is 92.2 cm³/mol. The zero-order valence-corrected chi connectivity index (χ0v) is 13.2. The van der Waals surface area contributed by atoms with Gasteiger partial charge in [0.25, 0.3) is 0 Å². The van der Waals surface area contributed by atoms with Crippen molar-refractivity contribution in [1.29, 1.82) is 0 Å². The minimum atomic E-state index is -0.621. The lowest BCUT2D eigenvalue weighted by Gasteiger charge is -2.20. The van der Waals surface area contributed by atoms with Crippen molar-refractivity contribution >= 4 is 16.4 Å². The van der Waals surface area contributed by atoms with E-state index in [0.717, 1.165) is 25.7 Å². The Morgan fingerprint density at radius 2 is 1.82 bits per heavy atom. The highest BCUT2D eigenvalue weighted by Gasteiger charge is 2.36. The van der Waals surface area contributed by atoms with E-state index >= 15 is 0 Å². The molecule has 1 aliphatic carbocycles. The molecular weight excluding hydrogens is 288 g/mol. The molecule has 2 bridgehead atoms. The molecule has 0 saturated carbocycles. The Balaban J connectivity index is 1.55. The second-order valence-electron chi connectivity index (χ2n) is 6.67. The van der Waals surface area contributed by atoms with Gasteiger partial charge in [0.05, 0.1) is 5.25 Å². The van der Waals surface area contributed by atoms with Gasteiger partial charge in [0, 0.05) is 16.0 Å². The van der Waals surface area contributed by atoms with Crippen molar-refractivity contribution < 1.29 is 4.21 Å². The highest BCUT2D eigenvalue weighted by Crippen LogP contribution is 2.41. The lowest BCUT2D eigenvalue weighted by molar-refractivity contribution is 0.674. The van der Waals surface area contributed by atoms with Crippen LogP contribution in [0.1, 0.15) is 36.0 Å². The SMILES string of the molecule is O=S1C2C=C(c3ccc4c(c3)Cc3ccccc3-4)CC1CC2. The van der Waals surface area contributed by atoms with Crippen molar-refractivity contribution in [3.05, 3.63) is 65.2 Å². The first-order valence-corrected chi connectivity index (χ1v) is 9.39. The number of hydrogen-bond acceptors (Lipinski definition) is 1. The first-order valence-electron chi connectivity index (χ1n) is 8.11. The fourth-order valence-electron chi connectivity index (χ4n) is 4.26. The van der Waals surface area contributed by atoms with Gasteiger partial charge in [-0.05, 0) is 59.1 Å². The molecule has 0 aromatic heterocycles. The van der Waals surface area contributed by atoms with Gasteiger partial charge in [0.1, 0.15) is 0 Å². The van der Waals surface area contributed by atoms with E-state index in [4.69, 9.17) is 0 Å². The van der Waals surface area contributed by atoms with Crippen LogP contribution < -0.4 is 0 Å². The summed E-state index contributed by atoms with van der Waals surface area (Å²) in [6, 6.07) is 15.6. The van der Waals surface area contributed by atoms with Gasteiger partial charge in [-0.2, -0.15) is 0 Å². The van der Waals surface area contributed by atoms with Crippen LogP contribution in [0.2, 0.25) is 0 Å². The Labute approximate surface area is 133 Å². The number of hydrogen-bond donors (Lipinski definition) is 0. The molecule has 1 fully saturated rings. The maximum Gasteiger partial charge on any atom is 0.0536 e. The molecule has 2 aliphatic heterocycles. The number of fused-ring (bicyclic) bond motifs is 5. The summed E-state index contributed by atoms with van der Waals surface area (Å²) >= 11 is 0. The summed E-state index contributed by atoms with van der Waals surface area (Å²) in [7, 11) is -0.621. The van der Waals surface area contributed by atoms with Crippen LogP contribution in [0.25, 0.3) is 16.7 Å². The zero-order valence-electron chi connectivity index (χ0n) is 12.4. The summed E-state index contributed by atoms with van der Waals surface area (Å²) in [4.78, 5) is 0. The van der Waals surface area contributed by atoms with Gasteiger partial charge < -0.3 is 0 Å². The van der Waals surface area contributed by atoms with E-state index in [2.05, 4.69) is 48.5 Å². The molecule has 2 heteroatoms. The molecular formula is C20H18OS. The Kier molecular flexibility index (Phi) is 2.72. The van der Waals surface area contributed by atoms with Crippen LogP contribution >= 0.6 is 0 Å². The molecule has 3 aliphatic rings. The third-order valence-corrected chi connectivity index (χ3v) is 7.43. The van der Waals surface area contributed by atoms with E-state index in [-0.39, 0.29) is 0 Å². The van der Waals surface area contributed by atoms with E-state index in [0.29, 0.717) is 10.5 Å². The lowest BCUT2D eigenvalue weighted by atomic mass is 9.96. The van der Waals surface area contributed by atoms with Gasteiger partial charge in [-0.3, -0.25) is 4.21 Å². The topological polar surface area (TPSA) is 17.1 Å². The molecule has 2 aromatic rings. The Hall–Kier alpha value is -1.67. The zero-order chi connectivity index (χ0) is 14.7. The van der Waals surface area contributed by atoms with Crippen LogP contribution in [0.15, 0.2) is 48.5 Å². The van der Waals surface area contributed by atoms with Gasteiger partial charge >= 0.3 is 0 Å². The standard InChI is InChI=1S/C20H18OS/c21-22-17-6-7-18(22)12-15(11-17)13-5-8-20-16(9-13)10-14-3-1-2-4-19(14)20/h1-5,8-9,11,17-18H,6-7,10,12H2. The molecule has 0 radical (unpaired) electrons. The fraction of sp³-hybridized carbons (Fsp3) is 0.300. The van der Waals surface area contributed by atoms with Crippen LogP contribution in [0.3, 0.4) is 0 Å². The summed E-state index contributed by atoms with van der Waals surface area (Å²) in [5, 5.41) is 0.703. The normalized spacial score (nSPS) is 28.2. The van der Waals surface area contributed by atoms with Crippen LogP contribution in [0, 0.1) is 0 Å². The van der Waals surface area contributed by atoms with E-state index in [1.54, 1.807) is 0 Å². The Morgan fingerprint density at radius 1 is 0.955 bits per heavy atom. The minimum Gasteiger partial charge on any atom is -0.259 e. The van der Waals surface area contributed by atoms with E-state index in [1.165, 1.54) is 33.4 Å². The van der Waals surface area contributed by atoms with E-state index in [9.17, 15) is 4.21 Å². The maximum atomic E-state index is 12.2. The van der Waals surface area contributed by atoms with Crippen molar-refractivity contribution in [2.75, 3.05) is 0 Å². The maximum absolute atomic E-state index is 12.2. The molecule has 5 rings (SSSR count). The first kappa shape index (κ1) is 12.8. The molecule has 0 spiro atoms. The lowest BCUT2D eigenvalue weighted by Crippen LogP contribution is -2.19. The number of rotatable bonds is 1. The van der Waals surface area contributed by atoms with E-state index in [1.807, 2.05) is 0 Å². The fourth-order valence-corrected chi connectivity index (χ4v) is 6.13. The molecule has 22 heavy (non-hydrogen) atoms. The van der Waals surface area contributed by atoms with Crippen molar-refractivity contribution in [3.8, 4) is 11.1 Å². The van der Waals surface area contributed by atoms with Gasteiger partial charge in [-0.1, -0.05) is 48.5 Å². The van der Waals surface area contributed by atoms with Crippen molar-refractivity contribution in [1.82, 2.24) is 0 Å². The molecule has 110 valence electrons. The van der Waals surface area contributed by atoms with E-state index < -0.39 is 10.8 Å². The second kappa shape index (κ2) is 4.66. The van der Waals surface area contributed by atoms with Crippen molar-refractivity contribution in [3.63, 3.8) is 0 Å². The highest BCUT2D eigenvalue weighted by atomic mass is 32.2. The summed E-state index contributed by atoms with van der Waals surface area (Å²) in [5.41, 5.74) is 8.43. The quantitative estimate of drug-likeness (QED) is 0.654. The largest absolute Gasteiger partial charge is 0.259 e. The van der Waals surface area contributed by atoms with Gasteiger partial charge in [-0.25, -0.2) is 0 Å². The van der Waals surface area contributed by atoms with Crippen molar-refractivity contribution in [2.45, 2.75) is 36.2 Å².